The Balaban J connectivity index is 1.85. The molecule has 2 N–H and O–H groups in total. The third kappa shape index (κ3) is 3.73. The van der Waals surface area contributed by atoms with E-state index < -0.39 is 0 Å². The lowest BCUT2D eigenvalue weighted by Gasteiger charge is -2.25. The molecule has 0 bridgehead atoms. The van der Waals surface area contributed by atoms with Crippen molar-refractivity contribution in [1.29, 1.82) is 0 Å². The lowest BCUT2D eigenvalue weighted by Crippen LogP contribution is -2.38. The smallest absolute Gasteiger partial charge is 0.260 e. The number of hydrogen-bond donors (Lipinski definition) is 2. The van der Waals surface area contributed by atoms with Crippen molar-refractivity contribution in [2.45, 2.75) is 26.8 Å². The van der Waals surface area contributed by atoms with Gasteiger partial charge in [0, 0.05) is 17.1 Å². The molecule has 0 spiro atoms. The highest BCUT2D eigenvalue weighted by atomic mass is 32.1. The predicted molar refractivity (Wildman–Crippen MR) is 94.4 cm³/mol. The van der Waals surface area contributed by atoms with Crippen molar-refractivity contribution in [2.75, 3.05) is 19.6 Å². The lowest BCUT2D eigenvalue weighted by molar-refractivity contribution is 0.0718. The van der Waals surface area contributed by atoms with Crippen LogP contribution in [0.25, 0.3) is 0 Å². The minimum atomic E-state index is -0.324. The summed E-state index contributed by atoms with van der Waals surface area (Å²) < 4.78 is 0. The summed E-state index contributed by atoms with van der Waals surface area (Å²) in [6.07, 6.45) is 1.05. The van der Waals surface area contributed by atoms with Crippen LogP contribution >= 0.6 is 11.3 Å². The SMILES string of the molecule is Cc1ccc(C(=O)N(Cc2scnc2C)C[C@@H]2CCNC2)c(=O)[nH]1. The molecule has 1 aliphatic rings. The first kappa shape index (κ1) is 16.9. The maximum Gasteiger partial charge on any atom is 0.260 e. The molecule has 1 atom stereocenters. The second kappa shape index (κ2) is 7.27. The molecule has 2 aromatic rings. The van der Waals surface area contributed by atoms with E-state index in [1.165, 1.54) is 0 Å². The molecule has 24 heavy (non-hydrogen) atoms. The first-order valence-corrected chi connectivity index (χ1v) is 9.01. The molecule has 0 aromatic carbocycles. The van der Waals surface area contributed by atoms with Crippen molar-refractivity contribution in [3.8, 4) is 0 Å². The quantitative estimate of drug-likeness (QED) is 0.864. The Morgan fingerprint density at radius 1 is 1.42 bits per heavy atom. The first-order chi connectivity index (χ1) is 11.5. The number of aromatic amines is 1. The van der Waals surface area contributed by atoms with Gasteiger partial charge in [0.05, 0.1) is 17.7 Å². The molecule has 0 saturated carbocycles. The van der Waals surface area contributed by atoms with Crippen LogP contribution in [0.2, 0.25) is 0 Å². The Morgan fingerprint density at radius 3 is 2.88 bits per heavy atom. The van der Waals surface area contributed by atoms with Crippen molar-refractivity contribution in [1.82, 2.24) is 20.2 Å². The average Bonchev–Trinajstić information content (AvgIpc) is 3.18. The van der Waals surface area contributed by atoms with E-state index in [-0.39, 0.29) is 17.0 Å². The minimum Gasteiger partial charge on any atom is -0.333 e. The fourth-order valence-corrected chi connectivity index (χ4v) is 3.76. The Hall–Kier alpha value is -1.99. The van der Waals surface area contributed by atoms with Crippen LogP contribution in [0.4, 0.5) is 0 Å². The molecule has 3 rings (SSSR count). The molecule has 3 heterocycles. The maximum absolute atomic E-state index is 13.0. The molecule has 0 aliphatic carbocycles. The highest BCUT2D eigenvalue weighted by Crippen LogP contribution is 2.19. The summed E-state index contributed by atoms with van der Waals surface area (Å²) in [7, 11) is 0. The van der Waals surface area contributed by atoms with E-state index in [2.05, 4.69) is 15.3 Å². The Labute approximate surface area is 144 Å². The van der Waals surface area contributed by atoms with Crippen LogP contribution in [0.5, 0.6) is 0 Å². The van der Waals surface area contributed by atoms with Gasteiger partial charge < -0.3 is 15.2 Å². The first-order valence-electron chi connectivity index (χ1n) is 8.13. The molecule has 1 fully saturated rings. The minimum absolute atomic E-state index is 0.203. The van der Waals surface area contributed by atoms with Gasteiger partial charge >= 0.3 is 0 Å². The summed E-state index contributed by atoms with van der Waals surface area (Å²) in [5.74, 6) is 0.211. The Bertz CT molecular complexity index is 777. The summed E-state index contributed by atoms with van der Waals surface area (Å²) in [6.45, 7) is 6.80. The number of carbonyl (C=O) groups is 1. The number of aromatic nitrogens is 2. The van der Waals surface area contributed by atoms with E-state index in [4.69, 9.17) is 0 Å². The summed E-state index contributed by atoms with van der Waals surface area (Å²) >= 11 is 1.55. The zero-order chi connectivity index (χ0) is 17.1. The van der Waals surface area contributed by atoms with Gasteiger partial charge in [-0.25, -0.2) is 4.98 Å². The number of aryl methyl sites for hydroxylation is 2. The van der Waals surface area contributed by atoms with Crippen molar-refractivity contribution >= 4 is 17.2 Å². The van der Waals surface area contributed by atoms with Gasteiger partial charge in [0.25, 0.3) is 11.5 Å². The normalized spacial score (nSPS) is 17.2. The van der Waals surface area contributed by atoms with Crippen LogP contribution < -0.4 is 10.9 Å². The molecule has 2 aromatic heterocycles. The van der Waals surface area contributed by atoms with Crippen LogP contribution in [0.15, 0.2) is 22.4 Å². The Morgan fingerprint density at radius 2 is 2.25 bits per heavy atom. The standard InChI is InChI=1S/C17H22N4O2S/c1-11-3-4-14(16(22)20-11)17(23)21(8-13-5-6-18-7-13)9-15-12(2)19-10-24-15/h3-4,10,13,18H,5-9H2,1-2H3,(H,20,22)/t13-/m1/s1. The molecule has 1 saturated heterocycles. The van der Waals surface area contributed by atoms with E-state index in [9.17, 15) is 9.59 Å². The van der Waals surface area contributed by atoms with Gasteiger partial charge in [0.1, 0.15) is 5.56 Å². The van der Waals surface area contributed by atoms with Crippen LogP contribution in [-0.4, -0.2) is 40.4 Å². The van der Waals surface area contributed by atoms with E-state index >= 15 is 0 Å². The van der Waals surface area contributed by atoms with Crippen molar-refractivity contribution in [3.63, 3.8) is 0 Å². The van der Waals surface area contributed by atoms with E-state index in [0.717, 1.165) is 35.8 Å². The zero-order valence-electron chi connectivity index (χ0n) is 14.0. The molecule has 7 heteroatoms. The molecular weight excluding hydrogens is 324 g/mol. The third-order valence-corrected chi connectivity index (χ3v) is 5.31. The topological polar surface area (TPSA) is 78.1 Å². The number of nitrogens with one attached hydrogen (secondary N) is 2. The maximum atomic E-state index is 13.0. The highest BCUT2D eigenvalue weighted by molar-refractivity contribution is 7.09. The molecule has 1 amide bonds. The second-order valence-electron chi connectivity index (χ2n) is 6.29. The van der Waals surface area contributed by atoms with Gasteiger partial charge in [-0.3, -0.25) is 9.59 Å². The second-order valence-corrected chi connectivity index (χ2v) is 7.23. The molecule has 0 unspecified atom stereocenters. The summed E-state index contributed by atoms with van der Waals surface area (Å²) in [5.41, 5.74) is 3.37. The van der Waals surface area contributed by atoms with Crippen molar-refractivity contribution in [2.24, 2.45) is 5.92 Å². The summed E-state index contributed by atoms with van der Waals surface area (Å²) in [6, 6.07) is 3.39. The molecule has 6 nitrogen and oxygen atoms in total. The molecule has 1 aliphatic heterocycles. The van der Waals surface area contributed by atoms with Gasteiger partial charge in [0.2, 0.25) is 0 Å². The highest BCUT2D eigenvalue weighted by Gasteiger charge is 2.25. The number of pyridine rings is 1. The van der Waals surface area contributed by atoms with E-state index in [0.29, 0.717) is 19.0 Å². The Kier molecular flexibility index (Phi) is 5.11. The van der Waals surface area contributed by atoms with Gasteiger partial charge in [-0.15, -0.1) is 11.3 Å². The monoisotopic (exact) mass is 346 g/mol. The average molecular weight is 346 g/mol. The number of nitrogens with zero attached hydrogens (tertiary/aromatic N) is 2. The van der Waals surface area contributed by atoms with Gasteiger partial charge in [0.15, 0.2) is 0 Å². The van der Waals surface area contributed by atoms with Gasteiger partial charge in [-0.1, -0.05) is 0 Å². The largest absolute Gasteiger partial charge is 0.333 e. The van der Waals surface area contributed by atoms with Gasteiger partial charge in [-0.05, 0) is 51.4 Å². The molecular formula is C17H22N4O2S. The number of thiazole rings is 1. The number of amides is 1. The summed E-state index contributed by atoms with van der Waals surface area (Å²) in [4.78, 5) is 35.0. The van der Waals surface area contributed by atoms with Crippen molar-refractivity contribution < 1.29 is 4.79 Å². The number of carbonyl (C=O) groups excluding carboxylic acids is 1. The fraction of sp³-hybridized carbons (Fsp3) is 0.471. The van der Waals surface area contributed by atoms with Crippen LogP contribution in [0.3, 0.4) is 0 Å². The van der Waals surface area contributed by atoms with Crippen molar-refractivity contribution in [3.05, 3.63) is 49.8 Å². The number of H-pyrrole nitrogens is 1. The van der Waals surface area contributed by atoms with Gasteiger partial charge in [-0.2, -0.15) is 0 Å². The van der Waals surface area contributed by atoms with Crippen LogP contribution in [0.1, 0.15) is 33.0 Å². The summed E-state index contributed by atoms with van der Waals surface area (Å²) in [5, 5.41) is 3.33. The number of rotatable bonds is 5. The van der Waals surface area contributed by atoms with E-state index in [1.807, 2.05) is 6.92 Å². The van der Waals surface area contributed by atoms with E-state index in [1.54, 1.807) is 40.8 Å². The van der Waals surface area contributed by atoms with Crippen LogP contribution in [-0.2, 0) is 6.54 Å². The predicted octanol–water partition coefficient (Wildman–Crippen LogP) is 1.70. The zero-order valence-corrected chi connectivity index (χ0v) is 14.8. The fourth-order valence-electron chi connectivity index (χ4n) is 2.96. The third-order valence-electron chi connectivity index (χ3n) is 4.39. The molecule has 0 radical (unpaired) electrons. The number of hydrogen-bond acceptors (Lipinski definition) is 5. The lowest BCUT2D eigenvalue weighted by atomic mass is 10.1. The molecule has 128 valence electrons. The van der Waals surface area contributed by atoms with Crippen LogP contribution in [0, 0.1) is 19.8 Å².